The molecule has 0 aliphatic heterocycles. The lowest BCUT2D eigenvalue weighted by molar-refractivity contribution is 0.412. The van der Waals surface area contributed by atoms with Gasteiger partial charge in [0.05, 0.1) is 0 Å². The van der Waals surface area contributed by atoms with Crippen LogP contribution in [0.1, 0.15) is 22.3 Å². The molecule has 144 valence electrons. The third-order valence-corrected chi connectivity index (χ3v) is 4.92. The molecule has 0 amide bonds. The molecule has 0 saturated carbocycles. The molecule has 0 aromatic heterocycles. The maximum atomic E-state index is 12.6. The fourth-order valence-electron chi connectivity index (χ4n) is 3.02. The minimum Gasteiger partial charge on any atom is -0.222 e. The Morgan fingerprint density at radius 1 is 0.679 bits per heavy atom. The molecule has 0 aliphatic rings. The molecule has 0 N–H and O–H groups in total. The van der Waals surface area contributed by atoms with Crippen molar-refractivity contribution in [3.8, 4) is 11.5 Å². The Hall–Kier alpha value is -2.90. The monoisotopic (exact) mass is 393 g/mol. The summed E-state index contributed by atoms with van der Waals surface area (Å²) in [4.78, 5) is 0. The van der Waals surface area contributed by atoms with Crippen molar-refractivity contribution in [2.45, 2.75) is 25.7 Å². The normalized spacial score (nSPS) is 10.0. The lowest BCUT2D eigenvalue weighted by Crippen LogP contribution is -2.00. The van der Waals surface area contributed by atoms with Crippen molar-refractivity contribution in [2.24, 2.45) is 0 Å². The summed E-state index contributed by atoms with van der Waals surface area (Å²) in [5, 5.41) is 0. The molecule has 0 bridgehead atoms. The lowest BCUT2D eigenvalue weighted by Gasteiger charge is -2.09. The molecule has 0 unspecified atom stereocenters. The van der Waals surface area contributed by atoms with Crippen molar-refractivity contribution in [1.29, 1.82) is 0 Å². The Kier molecular flexibility index (Phi) is 8.45. The van der Waals surface area contributed by atoms with Gasteiger partial charge in [-0.3, -0.25) is 0 Å². The first-order valence-electron chi connectivity index (χ1n) is 9.12. The molecule has 2 aromatic rings. The number of rotatable bonds is 12. The first-order chi connectivity index (χ1) is 13.6. The Labute approximate surface area is 168 Å². The second kappa shape index (κ2) is 11.1. The van der Waals surface area contributed by atoms with Crippen LogP contribution in [0, 0.1) is 0 Å². The summed E-state index contributed by atoms with van der Waals surface area (Å²) in [7, 11) is -2.40. The zero-order valence-electron chi connectivity index (χ0n) is 16.1. The highest BCUT2D eigenvalue weighted by Crippen LogP contribution is 2.36. The van der Waals surface area contributed by atoms with E-state index in [0.717, 1.165) is 22.3 Å². The minimum absolute atomic E-state index is 0.535. The van der Waals surface area contributed by atoms with Crippen molar-refractivity contribution in [2.75, 3.05) is 0 Å². The highest BCUT2D eigenvalue weighted by atomic mass is 31.1. The molecule has 0 heterocycles. The van der Waals surface area contributed by atoms with Crippen molar-refractivity contribution in [1.82, 2.24) is 0 Å². The van der Waals surface area contributed by atoms with Gasteiger partial charge in [0.25, 0.3) is 0 Å². The topological polar surface area (TPSA) is 35.5 Å². The van der Waals surface area contributed by atoms with Gasteiger partial charge in [-0.1, -0.05) is 48.6 Å². The van der Waals surface area contributed by atoms with Crippen LogP contribution in [0.5, 0.6) is 11.5 Å². The first kappa shape index (κ1) is 21.4. The van der Waals surface area contributed by atoms with E-state index in [1.165, 1.54) is 0 Å². The second-order valence-corrected chi connectivity index (χ2v) is 6.98. The fourth-order valence-corrected chi connectivity index (χ4v) is 3.72. The van der Waals surface area contributed by atoms with Gasteiger partial charge in [-0.25, -0.2) is 9.05 Å². The lowest BCUT2D eigenvalue weighted by atomic mass is 10.0. The van der Waals surface area contributed by atoms with E-state index in [-0.39, 0.29) is 0 Å². The average Bonchev–Trinajstić information content (AvgIpc) is 2.67. The van der Waals surface area contributed by atoms with Crippen molar-refractivity contribution in [3.05, 3.63) is 109 Å². The fraction of sp³-hybridized carbons (Fsp3) is 0.167. The van der Waals surface area contributed by atoms with Crippen LogP contribution in [0.25, 0.3) is 0 Å². The molecule has 0 atom stereocenters. The number of hydrogen-bond acceptors (Lipinski definition) is 3. The Balaban J connectivity index is 2.27. The van der Waals surface area contributed by atoms with Gasteiger partial charge >= 0.3 is 8.25 Å². The van der Waals surface area contributed by atoms with E-state index in [0.29, 0.717) is 37.2 Å². The maximum Gasteiger partial charge on any atom is 0.805 e. The molecule has 4 heteroatoms. The van der Waals surface area contributed by atoms with Crippen LogP contribution < -0.4 is 9.05 Å². The van der Waals surface area contributed by atoms with Gasteiger partial charge in [-0.15, -0.1) is 26.3 Å². The van der Waals surface area contributed by atoms with E-state index in [4.69, 9.17) is 9.05 Å². The smallest absolute Gasteiger partial charge is 0.222 e. The van der Waals surface area contributed by atoms with Crippen molar-refractivity contribution < 1.29 is 13.6 Å². The second-order valence-electron chi connectivity index (χ2n) is 6.17. The molecule has 0 radical (unpaired) electrons. The van der Waals surface area contributed by atoms with E-state index >= 15 is 0 Å². The van der Waals surface area contributed by atoms with E-state index in [2.05, 4.69) is 26.3 Å². The standard InChI is InChI=1S/C24H26O3P/c1-5-11-19-15-9-17-23(21(19)13-7-3)26-28(25)27-24-18-10-16-20(12-6-2)22(24)14-8-4/h5-10,15-18H,1-4,11-14H2/q+1. The van der Waals surface area contributed by atoms with E-state index in [1.807, 2.05) is 36.4 Å². The molecule has 0 aliphatic carbocycles. The van der Waals surface area contributed by atoms with Crippen LogP contribution in [0.2, 0.25) is 0 Å². The maximum absolute atomic E-state index is 12.6. The first-order valence-corrected chi connectivity index (χ1v) is 10.2. The van der Waals surface area contributed by atoms with Crippen LogP contribution in [-0.2, 0) is 30.2 Å². The molecule has 0 spiro atoms. The molecular formula is C24H26O3P+. The summed E-state index contributed by atoms with van der Waals surface area (Å²) < 4.78 is 24.0. The third-order valence-electron chi connectivity index (χ3n) is 4.23. The van der Waals surface area contributed by atoms with E-state index in [1.54, 1.807) is 24.3 Å². The highest BCUT2D eigenvalue weighted by molar-refractivity contribution is 7.34. The summed E-state index contributed by atoms with van der Waals surface area (Å²) >= 11 is 0. The predicted octanol–water partition coefficient (Wildman–Crippen LogP) is 6.72. The average molecular weight is 393 g/mol. The van der Waals surface area contributed by atoms with Crippen molar-refractivity contribution in [3.63, 3.8) is 0 Å². The SMILES string of the molecule is C=CCc1cccc(O[P+](=O)Oc2cccc(CC=C)c2CC=C)c1CC=C. The number of benzene rings is 2. The summed E-state index contributed by atoms with van der Waals surface area (Å²) in [6, 6.07) is 11.3. The number of hydrogen-bond donors (Lipinski definition) is 0. The molecular weight excluding hydrogens is 367 g/mol. The van der Waals surface area contributed by atoms with Gasteiger partial charge in [0.15, 0.2) is 11.5 Å². The van der Waals surface area contributed by atoms with Gasteiger partial charge in [0.1, 0.15) is 0 Å². The van der Waals surface area contributed by atoms with Crippen LogP contribution in [-0.4, -0.2) is 0 Å². The Morgan fingerprint density at radius 2 is 1.07 bits per heavy atom. The third kappa shape index (κ3) is 5.55. The summed E-state index contributed by atoms with van der Waals surface area (Å²) in [6.45, 7) is 15.2. The molecule has 2 aromatic carbocycles. The molecule has 2 rings (SSSR count). The Bertz CT molecular complexity index is 812. The van der Waals surface area contributed by atoms with Crippen LogP contribution >= 0.6 is 8.25 Å². The van der Waals surface area contributed by atoms with Gasteiger partial charge in [0.2, 0.25) is 0 Å². The van der Waals surface area contributed by atoms with Gasteiger partial charge < -0.3 is 0 Å². The molecule has 28 heavy (non-hydrogen) atoms. The van der Waals surface area contributed by atoms with Gasteiger partial charge in [0, 0.05) is 15.7 Å². The summed E-state index contributed by atoms with van der Waals surface area (Å²) in [5.41, 5.74) is 4.01. The zero-order chi connectivity index (χ0) is 20.4. The predicted molar refractivity (Wildman–Crippen MR) is 117 cm³/mol. The van der Waals surface area contributed by atoms with Crippen LogP contribution in [0.4, 0.5) is 0 Å². The quantitative estimate of drug-likeness (QED) is 0.297. The van der Waals surface area contributed by atoms with Gasteiger partial charge in [-0.05, 0) is 48.9 Å². The van der Waals surface area contributed by atoms with E-state index in [9.17, 15) is 4.57 Å². The molecule has 3 nitrogen and oxygen atoms in total. The molecule has 0 saturated heterocycles. The summed E-state index contributed by atoms with van der Waals surface area (Å²) in [5.74, 6) is 1.07. The van der Waals surface area contributed by atoms with Gasteiger partial charge in [-0.2, -0.15) is 0 Å². The largest absolute Gasteiger partial charge is 0.805 e. The Morgan fingerprint density at radius 3 is 1.43 bits per heavy atom. The van der Waals surface area contributed by atoms with Crippen LogP contribution in [0.15, 0.2) is 87.0 Å². The number of allylic oxidation sites excluding steroid dienone is 4. The molecule has 0 fully saturated rings. The van der Waals surface area contributed by atoms with Crippen molar-refractivity contribution >= 4 is 8.25 Å². The van der Waals surface area contributed by atoms with E-state index < -0.39 is 8.25 Å². The zero-order valence-corrected chi connectivity index (χ0v) is 17.0. The highest BCUT2D eigenvalue weighted by Gasteiger charge is 2.28. The van der Waals surface area contributed by atoms with Crippen LogP contribution in [0.3, 0.4) is 0 Å². The summed E-state index contributed by atoms with van der Waals surface area (Å²) in [6.07, 6.45) is 9.87. The minimum atomic E-state index is -2.40.